The van der Waals surface area contributed by atoms with E-state index in [2.05, 4.69) is 20.8 Å². The van der Waals surface area contributed by atoms with E-state index in [4.69, 9.17) is 9.84 Å². The maximum absolute atomic E-state index is 10.8. The van der Waals surface area contributed by atoms with E-state index in [1.165, 1.54) is 6.42 Å². The minimum Gasteiger partial charge on any atom is -0.450 e. The van der Waals surface area contributed by atoms with Gasteiger partial charge in [0, 0.05) is 0 Å². The van der Waals surface area contributed by atoms with Crippen LogP contribution in [0.2, 0.25) is 0 Å². The van der Waals surface area contributed by atoms with Gasteiger partial charge in [-0.3, -0.25) is 0 Å². The zero-order chi connectivity index (χ0) is 12.4. The summed E-state index contributed by atoms with van der Waals surface area (Å²) in [5.41, 5.74) is -0.229. The Morgan fingerprint density at radius 3 is 2.50 bits per heavy atom. The summed E-state index contributed by atoms with van der Waals surface area (Å²) in [7, 11) is 0. The molecule has 0 radical (unpaired) electrons. The van der Waals surface area contributed by atoms with Crippen molar-refractivity contribution in [2.75, 3.05) is 0 Å². The van der Waals surface area contributed by atoms with Crippen LogP contribution >= 0.6 is 0 Å². The Morgan fingerprint density at radius 2 is 2.06 bits per heavy atom. The summed E-state index contributed by atoms with van der Waals surface area (Å²) in [4.78, 5) is 10.8. The SMILES string of the molecule is CCC1(OC(=O)O)CCCC(C)(C(C)C)C1. The van der Waals surface area contributed by atoms with E-state index in [0.29, 0.717) is 5.92 Å². The van der Waals surface area contributed by atoms with E-state index in [1.54, 1.807) is 0 Å². The van der Waals surface area contributed by atoms with Crippen LogP contribution in [-0.4, -0.2) is 16.9 Å². The Hall–Kier alpha value is -0.730. The molecular weight excluding hydrogens is 204 g/mol. The monoisotopic (exact) mass is 228 g/mol. The summed E-state index contributed by atoms with van der Waals surface area (Å²) in [6.07, 6.45) is 3.63. The Labute approximate surface area is 98.2 Å². The Bertz CT molecular complexity index is 262. The van der Waals surface area contributed by atoms with Crippen molar-refractivity contribution in [2.45, 2.75) is 65.4 Å². The fraction of sp³-hybridized carbons (Fsp3) is 0.923. The van der Waals surface area contributed by atoms with Crippen LogP contribution in [0.15, 0.2) is 0 Å². The average Bonchev–Trinajstić information content (AvgIpc) is 2.16. The topological polar surface area (TPSA) is 46.5 Å². The molecular formula is C13H24O3. The number of carbonyl (C=O) groups is 1. The molecule has 1 fully saturated rings. The zero-order valence-electron chi connectivity index (χ0n) is 10.9. The zero-order valence-corrected chi connectivity index (χ0v) is 10.9. The highest BCUT2D eigenvalue weighted by molar-refractivity contribution is 5.57. The third-order valence-electron chi connectivity index (χ3n) is 4.45. The Balaban J connectivity index is 2.83. The minimum absolute atomic E-state index is 0.212. The first-order chi connectivity index (χ1) is 7.33. The molecule has 0 heterocycles. The van der Waals surface area contributed by atoms with Gasteiger partial charge in [0.15, 0.2) is 0 Å². The normalized spacial score (nSPS) is 35.1. The summed E-state index contributed by atoms with van der Waals surface area (Å²) in [6.45, 7) is 8.71. The van der Waals surface area contributed by atoms with Gasteiger partial charge in [-0.25, -0.2) is 4.79 Å². The standard InChI is InChI=1S/C13H24O3/c1-5-13(16-11(14)15)8-6-7-12(4,9-13)10(2)3/h10H,5-9H2,1-4H3,(H,14,15). The van der Waals surface area contributed by atoms with Gasteiger partial charge in [-0.1, -0.05) is 27.7 Å². The van der Waals surface area contributed by atoms with Gasteiger partial charge in [0.1, 0.15) is 5.60 Å². The molecule has 0 aromatic rings. The molecule has 3 nitrogen and oxygen atoms in total. The van der Waals surface area contributed by atoms with Crippen LogP contribution in [-0.2, 0) is 4.74 Å². The first-order valence-corrected chi connectivity index (χ1v) is 6.25. The van der Waals surface area contributed by atoms with Crippen LogP contribution in [0.4, 0.5) is 4.79 Å². The maximum Gasteiger partial charge on any atom is 0.506 e. The quantitative estimate of drug-likeness (QED) is 0.741. The highest BCUT2D eigenvalue weighted by Crippen LogP contribution is 2.48. The second-order valence-electron chi connectivity index (χ2n) is 5.74. The van der Waals surface area contributed by atoms with Crippen LogP contribution < -0.4 is 0 Å². The number of hydrogen-bond acceptors (Lipinski definition) is 2. The maximum atomic E-state index is 10.8. The molecule has 0 spiro atoms. The molecule has 1 rings (SSSR count). The second kappa shape index (κ2) is 4.64. The lowest BCUT2D eigenvalue weighted by Gasteiger charge is -2.47. The molecule has 0 amide bonds. The molecule has 0 aromatic carbocycles. The summed E-state index contributed by atoms with van der Waals surface area (Å²) < 4.78 is 5.19. The highest BCUT2D eigenvalue weighted by Gasteiger charge is 2.45. The molecule has 2 atom stereocenters. The Morgan fingerprint density at radius 1 is 1.44 bits per heavy atom. The van der Waals surface area contributed by atoms with Crippen molar-refractivity contribution in [2.24, 2.45) is 11.3 Å². The van der Waals surface area contributed by atoms with Gasteiger partial charge < -0.3 is 9.84 Å². The van der Waals surface area contributed by atoms with E-state index >= 15 is 0 Å². The van der Waals surface area contributed by atoms with Crippen molar-refractivity contribution in [1.82, 2.24) is 0 Å². The van der Waals surface area contributed by atoms with Crippen molar-refractivity contribution >= 4 is 6.16 Å². The van der Waals surface area contributed by atoms with Gasteiger partial charge in [-0.05, 0) is 43.4 Å². The summed E-state index contributed by atoms with van der Waals surface area (Å²) >= 11 is 0. The molecule has 16 heavy (non-hydrogen) atoms. The van der Waals surface area contributed by atoms with Gasteiger partial charge in [-0.2, -0.15) is 0 Å². The molecule has 0 aliphatic heterocycles. The Kier molecular flexibility index (Phi) is 3.87. The van der Waals surface area contributed by atoms with E-state index in [-0.39, 0.29) is 5.41 Å². The third kappa shape index (κ3) is 2.69. The summed E-state index contributed by atoms with van der Waals surface area (Å²) in [6, 6.07) is 0. The van der Waals surface area contributed by atoms with Crippen LogP contribution in [0.5, 0.6) is 0 Å². The van der Waals surface area contributed by atoms with Crippen LogP contribution in [0.25, 0.3) is 0 Å². The minimum atomic E-state index is -1.13. The smallest absolute Gasteiger partial charge is 0.450 e. The van der Waals surface area contributed by atoms with Gasteiger partial charge in [0.2, 0.25) is 0 Å². The molecule has 1 saturated carbocycles. The summed E-state index contributed by atoms with van der Waals surface area (Å²) in [5.74, 6) is 0.566. The molecule has 2 unspecified atom stereocenters. The highest BCUT2D eigenvalue weighted by atomic mass is 16.7. The van der Waals surface area contributed by atoms with E-state index in [1.807, 2.05) is 6.92 Å². The number of carboxylic acid groups (broad SMARTS) is 1. The fourth-order valence-corrected chi connectivity index (χ4v) is 2.87. The first-order valence-electron chi connectivity index (χ1n) is 6.25. The molecule has 0 bridgehead atoms. The van der Waals surface area contributed by atoms with Crippen molar-refractivity contribution in [3.63, 3.8) is 0 Å². The molecule has 1 aliphatic carbocycles. The summed E-state index contributed by atoms with van der Waals surface area (Å²) in [5, 5.41) is 8.85. The second-order valence-corrected chi connectivity index (χ2v) is 5.74. The van der Waals surface area contributed by atoms with Crippen LogP contribution in [0.1, 0.15) is 59.8 Å². The van der Waals surface area contributed by atoms with E-state index in [9.17, 15) is 4.79 Å². The van der Waals surface area contributed by atoms with Crippen LogP contribution in [0.3, 0.4) is 0 Å². The van der Waals surface area contributed by atoms with E-state index < -0.39 is 11.8 Å². The lowest BCUT2D eigenvalue weighted by Crippen LogP contribution is -2.45. The number of ether oxygens (including phenoxy) is 1. The predicted molar refractivity (Wildman–Crippen MR) is 63.5 cm³/mol. The lowest BCUT2D eigenvalue weighted by atomic mass is 9.62. The van der Waals surface area contributed by atoms with Gasteiger partial charge in [0.25, 0.3) is 0 Å². The van der Waals surface area contributed by atoms with Crippen molar-refractivity contribution < 1.29 is 14.6 Å². The third-order valence-corrected chi connectivity index (χ3v) is 4.45. The number of hydrogen-bond donors (Lipinski definition) is 1. The van der Waals surface area contributed by atoms with Gasteiger partial charge in [0.05, 0.1) is 0 Å². The lowest BCUT2D eigenvalue weighted by molar-refractivity contribution is -0.0853. The van der Waals surface area contributed by atoms with Crippen molar-refractivity contribution in [3.05, 3.63) is 0 Å². The molecule has 3 heteroatoms. The van der Waals surface area contributed by atoms with Gasteiger partial charge >= 0.3 is 6.16 Å². The predicted octanol–water partition coefficient (Wildman–Crippen LogP) is 4.07. The van der Waals surface area contributed by atoms with Gasteiger partial charge in [-0.15, -0.1) is 0 Å². The first kappa shape index (κ1) is 13.3. The molecule has 1 aliphatic rings. The average molecular weight is 228 g/mol. The molecule has 0 aromatic heterocycles. The largest absolute Gasteiger partial charge is 0.506 e. The molecule has 0 saturated heterocycles. The molecule has 1 N–H and O–H groups in total. The number of rotatable bonds is 3. The fourth-order valence-electron chi connectivity index (χ4n) is 2.87. The van der Waals surface area contributed by atoms with Crippen molar-refractivity contribution in [1.29, 1.82) is 0 Å². The molecule has 94 valence electrons. The van der Waals surface area contributed by atoms with E-state index in [0.717, 1.165) is 25.7 Å². The van der Waals surface area contributed by atoms with Crippen LogP contribution in [0, 0.1) is 11.3 Å². The van der Waals surface area contributed by atoms with Crippen molar-refractivity contribution in [3.8, 4) is 0 Å².